The number of aromatic nitrogens is 2. The van der Waals surface area contributed by atoms with Crippen LogP contribution in [-0.2, 0) is 6.42 Å². The topological polar surface area (TPSA) is 75.1 Å². The summed E-state index contributed by atoms with van der Waals surface area (Å²) in [5.41, 5.74) is 0.487. The third-order valence-corrected chi connectivity index (χ3v) is 6.86. The molecule has 0 aliphatic carbocycles. The van der Waals surface area contributed by atoms with Crippen molar-refractivity contribution >= 4 is 40.8 Å². The van der Waals surface area contributed by atoms with E-state index in [2.05, 4.69) is 15.3 Å². The lowest BCUT2D eigenvalue weighted by Crippen LogP contribution is -2.44. The number of benzene rings is 1. The van der Waals surface area contributed by atoms with Crippen molar-refractivity contribution in [1.82, 2.24) is 15.3 Å². The van der Waals surface area contributed by atoms with Crippen LogP contribution in [0.2, 0.25) is 5.02 Å². The number of nitrogens with one attached hydrogen (secondary N) is 1. The first-order chi connectivity index (χ1) is 14.1. The van der Waals surface area contributed by atoms with Crippen molar-refractivity contribution in [3.63, 3.8) is 0 Å². The van der Waals surface area contributed by atoms with Crippen LogP contribution in [0.25, 0.3) is 11.3 Å². The Morgan fingerprint density at radius 3 is 2.73 bits per heavy atom. The molecule has 158 valence electrons. The monoisotopic (exact) mass is 465 g/mol. The van der Waals surface area contributed by atoms with Crippen LogP contribution in [0.1, 0.15) is 25.8 Å². The highest BCUT2D eigenvalue weighted by Crippen LogP contribution is 2.42. The molecule has 9 heteroatoms. The van der Waals surface area contributed by atoms with Crippen molar-refractivity contribution < 1.29 is 14.3 Å². The summed E-state index contributed by atoms with van der Waals surface area (Å²) >= 11 is 8.96. The molecule has 0 bridgehead atoms. The van der Waals surface area contributed by atoms with Gasteiger partial charge in [-0.1, -0.05) is 50.2 Å². The lowest BCUT2D eigenvalue weighted by atomic mass is 9.85. The first-order valence-electron chi connectivity index (χ1n) is 9.17. The van der Waals surface area contributed by atoms with Crippen molar-refractivity contribution in [2.45, 2.75) is 42.3 Å². The van der Waals surface area contributed by atoms with Crippen molar-refractivity contribution in [2.24, 2.45) is 5.41 Å². The molecule has 2 N–H and O–H groups in total. The van der Waals surface area contributed by atoms with Crippen LogP contribution in [0.3, 0.4) is 0 Å². The molecule has 3 aromatic rings. The third kappa shape index (κ3) is 5.71. The average molecular weight is 466 g/mol. The van der Waals surface area contributed by atoms with Gasteiger partial charge in [0.05, 0.1) is 14.8 Å². The van der Waals surface area contributed by atoms with Crippen molar-refractivity contribution in [3.8, 4) is 11.3 Å². The van der Waals surface area contributed by atoms with E-state index in [1.54, 1.807) is 18.2 Å². The molecule has 0 fully saturated rings. The molecule has 2 heterocycles. The summed E-state index contributed by atoms with van der Waals surface area (Å²) in [5, 5.41) is 13.1. The summed E-state index contributed by atoms with van der Waals surface area (Å²) in [7, 11) is 0. The molecule has 0 saturated heterocycles. The molecule has 0 aliphatic heterocycles. The lowest BCUT2D eigenvalue weighted by molar-refractivity contribution is 0.174. The second-order valence-corrected chi connectivity index (χ2v) is 10.6. The van der Waals surface area contributed by atoms with Gasteiger partial charge in [0.25, 0.3) is 0 Å². The van der Waals surface area contributed by atoms with E-state index >= 15 is 0 Å². The smallest absolute Gasteiger partial charge is 0.404 e. The summed E-state index contributed by atoms with van der Waals surface area (Å²) < 4.78 is 15.2. The van der Waals surface area contributed by atoms with Gasteiger partial charge in [-0.15, -0.1) is 11.3 Å². The number of hydrogen-bond acceptors (Lipinski definition) is 5. The van der Waals surface area contributed by atoms with Crippen LogP contribution in [0.5, 0.6) is 0 Å². The number of pyridine rings is 1. The van der Waals surface area contributed by atoms with Gasteiger partial charge in [-0.3, -0.25) is 0 Å². The minimum atomic E-state index is -1.08. The number of carboxylic acid groups (broad SMARTS) is 1. The predicted molar refractivity (Wildman–Crippen MR) is 119 cm³/mol. The highest BCUT2D eigenvalue weighted by atomic mass is 35.5. The largest absolute Gasteiger partial charge is 0.465 e. The fraction of sp³-hybridized carbons (Fsp3) is 0.286. The highest BCUT2D eigenvalue weighted by molar-refractivity contribution is 8.01. The van der Waals surface area contributed by atoms with E-state index in [4.69, 9.17) is 11.6 Å². The van der Waals surface area contributed by atoms with Gasteiger partial charge in [-0.2, -0.15) is 4.39 Å². The first kappa shape index (κ1) is 22.5. The number of thiazole rings is 1. The summed E-state index contributed by atoms with van der Waals surface area (Å²) in [6, 6.07) is 10.3. The van der Waals surface area contributed by atoms with E-state index in [0.29, 0.717) is 27.7 Å². The summed E-state index contributed by atoms with van der Waals surface area (Å²) in [6.45, 7) is 5.89. The van der Waals surface area contributed by atoms with Gasteiger partial charge in [0, 0.05) is 28.6 Å². The molecular weight excluding hydrogens is 445 g/mol. The van der Waals surface area contributed by atoms with Crippen LogP contribution in [-0.4, -0.2) is 27.2 Å². The van der Waals surface area contributed by atoms with Gasteiger partial charge >= 0.3 is 6.09 Å². The summed E-state index contributed by atoms with van der Waals surface area (Å²) in [4.78, 5) is 20.6. The normalized spacial score (nSPS) is 12.6. The van der Waals surface area contributed by atoms with E-state index in [0.717, 1.165) is 9.10 Å². The van der Waals surface area contributed by atoms with Gasteiger partial charge in [0.15, 0.2) is 0 Å². The second kappa shape index (κ2) is 9.32. The quantitative estimate of drug-likeness (QED) is 0.413. The number of halogens is 2. The molecule has 0 spiro atoms. The number of hydrogen-bond donors (Lipinski definition) is 2. The molecule has 1 amide bonds. The minimum Gasteiger partial charge on any atom is -0.465 e. The van der Waals surface area contributed by atoms with Crippen LogP contribution in [0, 0.1) is 11.4 Å². The molecule has 2 aromatic heterocycles. The molecule has 0 aliphatic rings. The number of rotatable bonds is 6. The van der Waals surface area contributed by atoms with Crippen LogP contribution in [0.15, 0.2) is 51.7 Å². The fourth-order valence-corrected chi connectivity index (χ4v) is 5.42. The van der Waals surface area contributed by atoms with Gasteiger partial charge < -0.3 is 10.4 Å². The SMILES string of the molecule is CC(C)(C)C(Cc1nc(-c2cccnc2F)c(Sc2cccc(Cl)c2)s1)NC(=O)O. The third-order valence-electron chi connectivity index (χ3n) is 4.38. The minimum absolute atomic E-state index is 0.308. The molecule has 1 atom stereocenters. The molecular formula is C21H21ClFN3O2S2. The maximum Gasteiger partial charge on any atom is 0.404 e. The van der Waals surface area contributed by atoms with Crippen molar-refractivity contribution in [2.75, 3.05) is 0 Å². The Bertz CT molecular complexity index is 1050. The maximum atomic E-state index is 14.4. The van der Waals surface area contributed by atoms with Crippen LogP contribution >= 0.6 is 34.7 Å². The van der Waals surface area contributed by atoms with Crippen molar-refractivity contribution in [1.29, 1.82) is 0 Å². The summed E-state index contributed by atoms with van der Waals surface area (Å²) in [6.07, 6.45) is 0.701. The molecule has 30 heavy (non-hydrogen) atoms. The number of nitrogens with zero attached hydrogens (tertiary/aromatic N) is 2. The zero-order chi connectivity index (χ0) is 21.9. The second-order valence-electron chi connectivity index (χ2n) is 7.72. The van der Waals surface area contributed by atoms with Gasteiger partial charge in [-0.25, -0.2) is 14.8 Å². The number of amides is 1. The number of carbonyl (C=O) groups is 1. The average Bonchev–Trinajstić information content (AvgIpc) is 3.02. The molecule has 3 rings (SSSR count). The van der Waals surface area contributed by atoms with E-state index in [1.165, 1.54) is 29.3 Å². The van der Waals surface area contributed by atoms with E-state index in [1.807, 2.05) is 39.0 Å². The molecule has 1 aromatic carbocycles. The van der Waals surface area contributed by atoms with Crippen LogP contribution in [0.4, 0.5) is 9.18 Å². The van der Waals surface area contributed by atoms with E-state index < -0.39 is 12.0 Å². The Hall–Kier alpha value is -2.16. The molecule has 5 nitrogen and oxygen atoms in total. The molecule has 0 radical (unpaired) electrons. The van der Waals surface area contributed by atoms with Crippen LogP contribution < -0.4 is 5.32 Å². The van der Waals surface area contributed by atoms with Gasteiger partial charge in [-0.05, 0) is 35.7 Å². The molecule has 1 unspecified atom stereocenters. The Kier molecular flexibility index (Phi) is 7.00. The van der Waals surface area contributed by atoms with Gasteiger partial charge in [0.1, 0.15) is 5.69 Å². The van der Waals surface area contributed by atoms with Gasteiger partial charge in [0.2, 0.25) is 5.95 Å². The zero-order valence-electron chi connectivity index (χ0n) is 16.6. The maximum absolute atomic E-state index is 14.4. The standard InChI is InChI=1S/C21H21ClFN3O2S2/c1-21(2,3)15(25-20(27)28)11-16-26-17(14-8-5-9-24-18(14)23)19(30-16)29-13-7-4-6-12(22)10-13/h4-10,15,25H,11H2,1-3H3,(H,27,28). The predicted octanol–water partition coefficient (Wildman–Crippen LogP) is 6.37. The van der Waals surface area contributed by atoms with E-state index in [-0.39, 0.29) is 11.5 Å². The fourth-order valence-electron chi connectivity index (χ4n) is 2.77. The Labute approximate surface area is 187 Å². The van der Waals surface area contributed by atoms with E-state index in [9.17, 15) is 14.3 Å². The highest BCUT2D eigenvalue weighted by Gasteiger charge is 2.28. The zero-order valence-corrected chi connectivity index (χ0v) is 19.0. The first-order valence-corrected chi connectivity index (χ1v) is 11.2. The summed E-state index contributed by atoms with van der Waals surface area (Å²) in [5.74, 6) is -0.599. The Balaban J connectivity index is 2.01. The lowest BCUT2D eigenvalue weighted by Gasteiger charge is -2.29. The Morgan fingerprint density at radius 1 is 1.33 bits per heavy atom. The Morgan fingerprint density at radius 2 is 2.10 bits per heavy atom. The van der Waals surface area contributed by atoms with Crippen molar-refractivity contribution in [3.05, 3.63) is 58.6 Å². The molecule has 0 saturated carbocycles.